The number of carbonyl (C=O) groups excluding carboxylic acids is 1. The van der Waals surface area contributed by atoms with Crippen LogP contribution in [-0.4, -0.2) is 23.8 Å². The molecule has 0 unspecified atom stereocenters. The molecule has 1 N–H and O–H groups in total. The second-order valence-electron chi connectivity index (χ2n) is 7.59. The highest BCUT2D eigenvalue weighted by Gasteiger charge is 2.51. The van der Waals surface area contributed by atoms with Crippen LogP contribution in [0.5, 0.6) is 5.75 Å². The van der Waals surface area contributed by atoms with Crippen LogP contribution >= 0.6 is 11.6 Å². The molecular weight excluding hydrogens is 328 g/mol. The van der Waals surface area contributed by atoms with Crippen molar-refractivity contribution in [2.75, 3.05) is 0 Å². The van der Waals surface area contributed by atoms with E-state index in [1.54, 1.807) is 18.2 Å². The van der Waals surface area contributed by atoms with Crippen LogP contribution in [0.4, 0.5) is 10.5 Å². The van der Waals surface area contributed by atoms with Gasteiger partial charge >= 0.3 is 6.09 Å². The lowest BCUT2D eigenvalue weighted by molar-refractivity contribution is -0.0569. The highest BCUT2D eigenvalue weighted by Crippen LogP contribution is 2.43. The summed E-state index contributed by atoms with van der Waals surface area (Å²) in [5.41, 5.74) is -0.349. The first-order valence-electron chi connectivity index (χ1n) is 7.86. The van der Waals surface area contributed by atoms with E-state index >= 15 is 0 Å². The number of nitrogens with zero attached hydrogens (tertiary/aromatic N) is 1. The van der Waals surface area contributed by atoms with Gasteiger partial charge in [-0.05, 0) is 32.9 Å². The Bertz CT molecular complexity index is 674. The Morgan fingerprint density at radius 2 is 2.08 bits per heavy atom. The van der Waals surface area contributed by atoms with Crippen molar-refractivity contribution in [3.05, 3.63) is 34.6 Å². The van der Waals surface area contributed by atoms with Gasteiger partial charge in [0.25, 0.3) is 0 Å². The second kappa shape index (κ2) is 6.52. The molecule has 0 aromatic heterocycles. The molecule has 6 heteroatoms. The smallest absolute Gasteiger partial charge is 0.407 e. The molecule has 24 heavy (non-hydrogen) atoms. The summed E-state index contributed by atoms with van der Waals surface area (Å²) in [7, 11) is 0. The SMILES string of the molecule is [C-]#[N+]c1ccc(O[C@H]2C[C@H](NC(=O)OC(C)(C)C)C2(C)C)cc1Cl. The summed E-state index contributed by atoms with van der Waals surface area (Å²) in [6, 6.07) is 5.02. The van der Waals surface area contributed by atoms with Gasteiger partial charge < -0.3 is 14.8 Å². The fraction of sp³-hybridized carbons (Fsp3) is 0.556. The topological polar surface area (TPSA) is 51.9 Å². The maximum atomic E-state index is 11.9. The predicted molar refractivity (Wildman–Crippen MR) is 93.7 cm³/mol. The molecule has 1 aliphatic rings. The first-order chi connectivity index (χ1) is 11.0. The van der Waals surface area contributed by atoms with Crippen LogP contribution in [0.2, 0.25) is 5.02 Å². The van der Waals surface area contributed by atoms with Gasteiger partial charge in [0.15, 0.2) is 0 Å². The van der Waals surface area contributed by atoms with Crippen LogP contribution in [-0.2, 0) is 4.74 Å². The Labute approximate surface area is 148 Å². The van der Waals surface area contributed by atoms with Gasteiger partial charge in [-0.3, -0.25) is 0 Å². The number of carbonyl (C=O) groups is 1. The fourth-order valence-electron chi connectivity index (χ4n) is 2.60. The lowest BCUT2D eigenvalue weighted by Gasteiger charge is -2.51. The largest absolute Gasteiger partial charge is 0.490 e. The third-order valence-electron chi connectivity index (χ3n) is 4.19. The van der Waals surface area contributed by atoms with Crippen molar-refractivity contribution >= 4 is 23.4 Å². The minimum Gasteiger partial charge on any atom is -0.490 e. The zero-order chi connectivity index (χ0) is 18.1. The molecule has 0 aliphatic heterocycles. The maximum absolute atomic E-state index is 11.9. The third-order valence-corrected chi connectivity index (χ3v) is 4.49. The summed E-state index contributed by atoms with van der Waals surface area (Å²) in [6.07, 6.45) is 0.227. The van der Waals surface area contributed by atoms with Crippen LogP contribution in [0.3, 0.4) is 0 Å². The zero-order valence-electron chi connectivity index (χ0n) is 14.6. The molecule has 0 spiro atoms. The molecule has 130 valence electrons. The molecule has 0 heterocycles. The number of hydrogen-bond donors (Lipinski definition) is 1. The molecule has 1 amide bonds. The highest BCUT2D eigenvalue weighted by molar-refractivity contribution is 6.33. The third kappa shape index (κ3) is 4.12. The molecule has 0 radical (unpaired) electrons. The lowest BCUT2D eigenvalue weighted by atomic mass is 9.64. The minimum atomic E-state index is -0.519. The maximum Gasteiger partial charge on any atom is 0.407 e. The second-order valence-corrected chi connectivity index (χ2v) is 7.99. The van der Waals surface area contributed by atoms with E-state index in [1.165, 1.54) is 0 Å². The zero-order valence-corrected chi connectivity index (χ0v) is 15.4. The van der Waals surface area contributed by atoms with Gasteiger partial charge in [0, 0.05) is 17.9 Å². The highest BCUT2D eigenvalue weighted by atomic mass is 35.5. The van der Waals surface area contributed by atoms with E-state index < -0.39 is 11.7 Å². The normalized spacial score (nSPS) is 22.0. The summed E-state index contributed by atoms with van der Waals surface area (Å²) < 4.78 is 11.3. The summed E-state index contributed by atoms with van der Waals surface area (Å²) in [5, 5.41) is 3.28. The average molecular weight is 351 g/mol. The number of ether oxygens (including phenoxy) is 2. The van der Waals surface area contributed by atoms with Crippen molar-refractivity contribution in [3.8, 4) is 5.75 Å². The van der Waals surface area contributed by atoms with Gasteiger partial charge in [-0.15, -0.1) is 0 Å². The predicted octanol–water partition coefficient (Wildman–Crippen LogP) is 4.96. The molecule has 5 nitrogen and oxygen atoms in total. The number of rotatable bonds is 3. The van der Waals surface area contributed by atoms with Crippen molar-refractivity contribution in [1.82, 2.24) is 5.32 Å². The Kier molecular flexibility index (Phi) is 5.00. The molecule has 1 aliphatic carbocycles. The number of halogens is 1. The fourth-order valence-corrected chi connectivity index (χ4v) is 2.81. The van der Waals surface area contributed by atoms with Gasteiger partial charge in [-0.2, -0.15) is 0 Å². The molecule has 0 bridgehead atoms. The Morgan fingerprint density at radius 1 is 1.42 bits per heavy atom. The Morgan fingerprint density at radius 3 is 2.58 bits per heavy atom. The van der Waals surface area contributed by atoms with E-state index in [0.717, 1.165) is 0 Å². The Balaban J connectivity index is 1.95. The van der Waals surface area contributed by atoms with E-state index in [1.807, 2.05) is 34.6 Å². The standard InChI is InChI=1S/C18H23ClN2O3/c1-17(2,3)24-16(22)21-14-10-15(18(14,4)5)23-11-7-8-13(20-6)12(19)9-11/h7-9,14-15H,10H2,1-5H3,(H,21,22)/t14-,15-/m0/s1. The molecular formula is C18H23ClN2O3. The number of amides is 1. The first kappa shape index (κ1) is 18.4. The van der Waals surface area contributed by atoms with E-state index in [0.29, 0.717) is 22.9 Å². The Hall–Kier alpha value is -1.93. The summed E-state index contributed by atoms with van der Waals surface area (Å²) in [6.45, 7) is 16.6. The minimum absolute atomic E-state index is 0.0182. The molecule has 2 rings (SSSR count). The summed E-state index contributed by atoms with van der Waals surface area (Å²) in [4.78, 5) is 15.2. The number of hydrogen-bond acceptors (Lipinski definition) is 3. The molecule has 1 aromatic rings. The molecule has 1 fully saturated rings. The monoisotopic (exact) mass is 350 g/mol. The van der Waals surface area contributed by atoms with Gasteiger partial charge in [0.05, 0.1) is 11.6 Å². The number of alkyl carbamates (subject to hydrolysis) is 1. The average Bonchev–Trinajstić information content (AvgIpc) is 2.44. The molecule has 0 saturated heterocycles. The van der Waals surface area contributed by atoms with Crippen molar-refractivity contribution < 1.29 is 14.3 Å². The van der Waals surface area contributed by atoms with E-state index in [-0.39, 0.29) is 17.6 Å². The summed E-state index contributed by atoms with van der Waals surface area (Å²) in [5.74, 6) is 0.626. The van der Waals surface area contributed by atoms with Crippen LogP contribution < -0.4 is 10.1 Å². The first-order valence-corrected chi connectivity index (χ1v) is 8.24. The quantitative estimate of drug-likeness (QED) is 0.784. The van der Waals surface area contributed by atoms with Crippen LogP contribution in [0, 0.1) is 12.0 Å². The number of nitrogens with one attached hydrogen (secondary N) is 1. The van der Waals surface area contributed by atoms with Gasteiger partial charge in [-0.25, -0.2) is 9.64 Å². The van der Waals surface area contributed by atoms with Crippen LogP contribution in [0.15, 0.2) is 18.2 Å². The van der Waals surface area contributed by atoms with Gasteiger partial charge in [0.2, 0.25) is 5.69 Å². The van der Waals surface area contributed by atoms with Crippen LogP contribution in [0.1, 0.15) is 41.0 Å². The van der Waals surface area contributed by atoms with E-state index in [4.69, 9.17) is 27.6 Å². The lowest BCUT2D eigenvalue weighted by Crippen LogP contribution is -2.63. The molecule has 2 atom stereocenters. The molecule has 1 aromatic carbocycles. The summed E-state index contributed by atoms with van der Waals surface area (Å²) >= 11 is 6.04. The van der Waals surface area contributed by atoms with Crippen molar-refractivity contribution in [3.63, 3.8) is 0 Å². The van der Waals surface area contributed by atoms with E-state index in [2.05, 4.69) is 10.2 Å². The van der Waals surface area contributed by atoms with Crippen LogP contribution in [0.25, 0.3) is 4.85 Å². The van der Waals surface area contributed by atoms with Gasteiger partial charge in [-0.1, -0.05) is 31.5 Å². The van der Waals surface area contributed by atoms with Crippen molar-refractivity contribution in [2.45, 2.75) is 58.8 Å². The van der Waals surface area contributed by atoms with E-state index in [9.17, 15) is 4.79 Å². The molecule has 1 saturated carbocycles. The number of benzene rings is 1. The van der Waals surface area contributed by atoms with Crippen molar-refractivity contribution in [2.24, 2.45) is 5.41 Å². The van der Waals surface area contributed by atoms with Crippen molar-refractivity contribution in [1.29, 1.82) is 0 Å². The van der Waals surface area contributed by atoms with Gasteiger partial charge in [0.1, 0.15) is 17.5 Å².